The average molecular weight is 460 g/mol. The predicted octanol–water partition coefficient (Wildman–Crippen LogP) is 2.26. The van der Waals surface area contributed by atoms with E-state index in [1.54, 1.807) is 24.4 Å². The second-order valence-corrected chi connectivity index (χ2v) is 9.77. The Kier molecular flexibility index (Phi) is 7.47. The molecule has 0 bridgehead atoms. The van der Waals surface area contributed by atoms with Gasteiger partial charge < -0.3 is 14.6 Å². The number of imidazole rings is 1. The lowest BCUT2D eigenvalue weighted by Crippen LogP contribution is -2.24. The van der Waals surface area contributed by atoms with Gasteiger partial charge in [-0.3, -0.25) is 4.79 Å². The molecule has 1 N–H and O–H groups in total. The van der Waals surface area contributed by atoms with Gasteiger partial charge in [0.2, 0.25) is 21.8 Å². The van der Waals surface area contributed by atoms with Gasteiger partial charge in [0.15, 0.2) is 0 Å². The van der Waals surface area contributed by atoms with Gasteiger partial charge >= 0.3 is 0 Å². The molecular weight excluding hydrogens is 430 g/mol. The molecule has 0 atom stereocenters. The average Bonchev–Trinajstić information content (AvgIpc) is 3.10. The molecule has 0 unspecified atom stereocenters. The van der Waals surface area contributed by atoms with Crippen LogP contribution in [0.3, 0.4) is 0 Å². The summed E-state index contributed by atoms with van der Waals surface area (Å²) >= 11 is 0. The van der Waals surface area contributed by atoms with Crippen molar-refractivity contribution in [3.8, 4) is 5.88 Å². The first kappa shape index (κ1) is 23.7. The first-order valence-corrected chi connectivity index (χ1v) is 11.9. The fourth-order valence-electron chi connectivity index (χ4n) is 3.22. The number of aryl methyl sites for hydroxylation is 2. The van der Waals surface area contributed by atoms with E-state index in [0.717, 1.165) is 17.5 Å². The van der Waals surface area contributed by atoms with Crippen LogP contribution in [-0.4, -0.2) is 53.9 Å². The largest absolute Gasteiger partial charge is 0.477 e. The number of ether oxygens (including phenoxy) is 1. The quantitative estimate of drug-likeness (QED) is 0.498. The Morgan fingerprint density at radius 2 is 2.03 bits per heavy atom. The molecule has 10 heteroatoms. The molecule has 0 spiro atoms. The lowest BCUT2D eigenvalue weighted by Gasteiger charge is -2.11. The van der Waals surface area contributed by atoms with Crippen molar-refractivity contribution in [2.75, 3.05) is 20.7 Å². The van der Waals surface area contributed by atoms with Crippen LogP contribution in [0.4, 0.5) is 0 Å². The van der Waals surface area contributed by atoms with Crippen molar-refractivity contribution < 1.29 is 17.9 Å². The molecule has 2 heterocycles. The van der Waals surface area contributed by atoms with Crippen molar-refractivity contribution in [1.29, 1.82) is 0 Å². The fraction of sp³-hybridized carbons (Fsp3) is 0.409. The monoisotopic (exact) mass is 459 g/mol. The lowest BCUT2D eigenvalue weighted by atomic mass is 10.2. The third-order valence-electron chi connectivity index (χ3n) is 5.07. The van der Waals surface area contributed by atoms with Crippen LogP contribution < -0.4 is 10.1 Å². The van der Waals surface area contributed by atoms with E-state index in [9.17, 15) is 13.2 Å². The van der Waals surface area contributed by atoms with Gasteiger partial charge in [0.25, 0.3) is 0 Å². The number of fused-ring (bicyclic) bond motifs is 1. The number of hydrogen-bond donors (Lipinski definition) is 1. The number of carbonyl (C=O) groups excluding carboxylic acids is 1. The number of benzene rings is 1. The normalized spacial score (nSPS) is 11.8. The van der Waals surface area contributed by atoms with E-state index in [1.165, 1.54) is 18.4 Å². The second-order valence-electron chi connectivity index (χ2n) is 7.62. The first-order chi connectivity index (χ1) is 15.2. The summed E-state index contributed by atoms with van der Waals surface area (Å²) < 4.78 is 33.4. The Labute approximate surface area is 188 Å². The minimum Gasteiger partial charge on any atom is -0.477 e. The van der Waals surface area contributed by atoms with Gasteiger partial charge in [-0.15, -0.1) is 0 Å². The molecule has 0 aliphatic heterocycles. The Morgan fingerprint density at radius 1 is 1.25 bits per heavy atom. The van der Waals surface area contributed by atoms with E-state index >= 15 is 0 Å². The van der Waals surface area contributed by atoms with Gasteiger partial charge in [-0.1, -0.05) is 13.0 Å². The summed E-state index contributed by atoms with van der Waals surface area (Å²) in [5.41, 5.74) is 2.22. The Bertz CT molecular complexity index is 1200. The maximum Gasteiger partial charge on any atom is 0.242 e. The standard InChI is InChI=1S/C22H29N5O4S/c1-5-13-31-22-16(7-6-12-23-22)15-24-21(28)11-10-20-25-18-14-17(32(29,30)26(2)3)8-9-19(18)27(20)4/h6-9,12,14H,5,10-11,13,15H2,1-4H3,(H,24,28). The molecule has 9 nitrogen and oxygen atoms in total. The third-order valence-corrected chi connectivity index (χ3v) is 6.88. The van der Waals surface area contributed by atoms with E-state index in [2.05, 4.69) is 15.3 Å². The molecule has 0 radical (unpaired) electrons. The topological polar surface area (TPSA) is 106 Å². The summed E-state index contributed by atoms with van der Waals surface area (Å²) in [6.45, 7) is 2.93. The molecule has 0 saturated heterocycles. The minimum atomic E-state index is -3.54. The number of pyridine rings is 1. The molecule has 0 aliphatic rings. The molecule has 3 aromatic rings. The third kappa shape index (κ3) is 5.25. The van der Waals surface area contributed by atoms with Crippen molar-refractivity contribution >= 4 is 27.0 Å². The van der Waals surface area contributed by atoms with E-state index in [1.807, 2.05) is 30.7 Å². The summed E-state index contributed by atoms with van der Waals surface area (Å²) in [6.07, 6.45) is 3.23. The summed E-state index contributed by atoms with van der Waals surface area (Å²) in [4.78, 5) is 21.4. The SMILES string of the molecule is CCCOc1ncccc1CNC(=O)CCc1nc2cc(S(=O)(=O)N(C)C)ccc2n1C. The lowest BCUT2D eigenvalue weighted by molar-refractivity contribution is -0.121. The van der Waals surface area contributed by atoms with Crippen LogP contribution in [0, 0.1) is 0 Å². The molecule has 2 aromatic heterocycles. The van der Waals surface area contributed by atoms with Crippen molar-refractivity contribution in [2.45, 2.75) is 37.6 Å². The highest BCUT2D eigenvalue weighted by Crippen LogP contribution is 2.22. The van der Waals surface area contributed by atoms with Gasteiger partial charge in [0.05, 0.1) is 22.5 Å². The van der Waals surface area contributed by atoms with Crippen molar-refractivity contribution in [2.24, 2.45) is 7.05 Å². The number of nitrogens with zero attached hydrogens (tertiary/aromatic N) is 4. The molecule has 1 aromatic carbocycles. The maximum absolute atomic E-state index is 12.4. The number of hydrogen-bond acceptors (Lipinski definition) is 6. The number of sulfonamides is 1. The number of carbonyl (C=O) groups is 1. The van der Waals surface area contributed by atoms with Crippen LogP contribution in [0.15, 0.2) is 41.4 Å². The van der Waals surface area contributed by atoms with E-state index in [0.29, 0.717) is 36.8 Å². The summed E-state index contributed by atoms with van der Waals surface area (Å²) in [6, 6.07) is 8.56. The predicted molar refractivity (Wildman–Crippen MR) is 122 cm³/mol. The highest BCUT2D eigenvalue weighted by molar-refractivity contribution is 7.89. The van der Waals surface area contributed by atoms with Crippen molar-refractivity contribution in [3.05, 3.63) is 47.9 Å². The van der Waals surface area contributed by atoms with E-state index < -0.39 is 10.0 Å². The second kappa shape index (κ2) is 10.1. The number of aromatic nitrogens is 3. The summed E-state index contributed by atoms with van der Waals surface area (Å²) in [5, 5.41) is 2.90. The minimum absolute atomic E-state index is 0.113. The smallest absolute Gasteiger partial charge is 0.242 e. The Hall–Kier alpha value is -2.98. The molecular formula is C22H29N5O4S. The molecule has 1 amide bonds. The first-order valence-electron chi connectivity index (χ1n) is 10.4. The van der Waals surface area contributed by atoms with Gasteiger partial charge in [-0.05, 0) is 30.7 Å². The molecule has 0 aliphatic carbocycles. The van der Waals surface area contributed by atoms with Crippen molar-refractivity contribution in [1.82, 2.24) is 24.2 Å². The van der Waals surface area contributed by atoms with Crippen LogP contribution in [0.25, 0.3) is 11.0 Å². The molecule has 0 saturated carbocycles. The Balaban J connectivity index is 1.65. The zero-order valence-corrected chi connectivity index (χ0v) is 19.6. The Morgan fingerprint density at radius 3 is 2.75 bits per heavy atom. The van der Waals surface area contributed by atoms with Crippen LogP contribution >= 0.6 is 0 Å². The highest BCUT2D eigenvalue weighted by atomic mass is 32.2. The zero-order chi connectivity index (χ0) is 23.3. The van der Waals surface area contributed by atoms with Crippen molar-refractivity contribution in [3.63, 3.8) is 0 Å². The molecule has 32 heavy (non-hydrogen) atoms. The van der Waals surface area contributed by atoms with E-state index in [-0.39, 0.29) is 17.2 Å². The van der Waals surface area contributed by atoms with Gasteiger partial charge in [0.1, 0.15) is 5.82 Å². The van der Waals surface area contributed by atoms with Gasteiger partial charge in [0, 0.05) is 52.3 Å². The van der Waals surface area contributed by atoms with Gasteiger partial charge in [-0.25, -0.2) is 22.7 Å². The number of rotatable bonds is 10. The molecule has 3 rings (SSSR count). The fourth-order valence-corrected chi connectivity index (χ4v) is 4.14. The zero-order valence-electron chi connectivity index (χ0n) is 18.8. The van der Waals surface area contributed by atoms with Crippen LogP contribution in [0.2, 0.25) is 0 Å². The number of amides is 1. The van der Waals surface area contributed by atoms with Crippen LogP contribution in [0.5, 0.6) is 5.88 Å². The molecule has 172 valence electrons. The van der Waals surface area contributed by atoms with E-state index in [4.69, 9.17) is 4.74 Å². The van der Waals surface area contributed by atoms with Gasteiger partial charge in [-0.2, -0.15) is 0 Å². The maximum atomic E-state index is 12.4. The number of nitrogens with one attached hydrogen (secondary N) is 1. The summed E-state index contributed by atoms with van der Waals surface area (Å²) in [5.74, 6) is 1.13. The molecule has 0 fully saturated rings. The highest BCUT2D eigenvalue weighted by Gasteiger charge is 2.19. The van der Waals surface area contributed by atoms with Crippen LogP contribution in [0.1, 0.15) is 31.2 Å². The van der Waals surface area contributed by atoms with Crippen LogP contribution in [-0.2, 0) is 34.8 Å². The summed E-state index contributed by atoms with van der Waals surface area (Å²) in [7, 11) is 1.31.